The highest BCUT2D eigenvalue weighted by atomic mass is 16.5. The van der Waals surface area contributed by atoms with Crippen LogP contribution >= 0.6 is 0 Å². The molecule has 0 aliphatic carbocycles. The van der Waals surface area contributed by atoms with Crippen molar-refractivity contribution >= 4 is 0 Å². The van der Waals surface area contributed by atoms with E-state index >= 15 is 0 Å². The standard InChI is InChI=1S/C17H22N4O3/c1-13-20-17(24-21-13)7-9-19-12-14-5-6-15(22-2)16(11-14)23-10-4-3-8-18/h5-6,11,19H,3-4,7,9-10,12H2,1-2H3. The maximum atomic E-state index is 8.56. The minimum Gasteiger partial charge on any atom is -0.493 e. The molecule has 0 unspecified atom stereocenters. The number of hydrogen-bond acceptors (Lipinski definition) is 7. The summed E-state index contributed by atoms with van der Waals surface area (Å²) in [5, 5.41) is 15.7. The van der Waals surface area contributed by atoms with Crippen LogP contribution in [0.3, 0.4) is 0 Å². The van der Waals surface area contributed by atoms with Crippen LogP contribution in [0, 0.1) is 18.3 Å². The lowest BCUT2D eigenvalue weighted by Gasteiger charge is -2.12. The first-order chi connectivity index (χ1) is 11.7. The van der Waals surface area contributed by atoms with E-state index in [1.807, 2.05) is 18.2 Å². The molecule has 0 saturated carbocycles. The van der Waals surface area contributed by atoms with Crippen LogP contribution < -0.4 is 14.8 Å². The minimum atomic E-state index is 0.485. The van der Waals surface area contributed by atoms with E-state index in [9.17, 15) is 0 Å². The van der Waals surface area contributed by atoms with Crippen LogP contribution in [-0.4, -0.2) is 30.4 Å². The second-order valence-corrected chi connectivity index (χ2v) is 5.26. The molecule has 0 aliphatic heterocycles. The van der Waals surface area contributed by atoms with Gasteiger partial charge in [0.25, 0.3) is 0 Å². The molecule has 1 aromatic heterocycles. The Balaban J connectivity index is 1.82. The number of aromatic nitrogens is 2. The van der Waals surface area contributed by atoms with Crippen molar-refractivity contribution in [3.05, 3.63) is 35.5 Å². The van der Waals surface area contributed by atoms with Gasteiger partial charge in [0.15, 0.2) is 17.3 Å². The molecule has 7 nitrogen and oxygen atoms in total. The van der Waals surface area contributed by atoms with Crippen LogP contribution in [0.4, 0.5) is 0 Å². The molecule has 0 fully saturated rings. The van der Waals surface area contributed by atoms with E-state index in [1.165, 1.54) is 0 Å². The fourth-order valence-electron chi connectivity index (χ4n) is 2.15. The Kier molecular flexibility index (Phi) is 7.05. The van der Waals surface area contributed by atoms with Gasteiger partial charge in [-0.2, -0.15) is 10.2 Å². The van der Waals surface area contributed by atoms with Crippen LogP contribution in [0.15, 0.2) is 22.7 Å². The van der Waals surface area contributed by atoms with Crippen molar-refractivity contribution in [3.8, 4) is 17.6 Å². The molecule has 24 heavy (non-hydrogen) atoms. The third-order valence-electron chi connectivity index (χ3n) is 3.33. The van der Waals surface area contributed by atoms with Gasteiger partial charge in [-0.1, -0.05) is 11.2 Å². The van der Waals surface area contributed by atoms with E-state index < -0.39 is 0 Å². The van der Waals surface area contributed by atoms with Gasteiger partial charge in [0.1, 0.15) is 0 Å². The molecule has 1 aromatic carbocycles. The van der Waals surface area contributed by atoms with Crippen LogP contribution in [-0.2, 0) is 13.0 Å². The van der Waals surface area contributed by atoms with Crippen LogP contribution in [0.2, 0.25) is 0 Å². The molecule has 0 amide bonds. The Morgan fingerprint density at radius 2 is 2.21 bits per heavy atom. The van der Waals surface area contributed by atoms with E-state index in [0.717, 1.165) is 12.1 Å². The lowest BCUT2D eigenvalue weighted by Crippen LogP contribution is -2.17. The number of unbranched alkanes of at least 4 members (excludes halogenated alkanes) is 1. The first kappa shape index (κ1) is 17.8. The van der Waals surface area contributed by atoms with E-state index in [0.29, 0.717) is 55.6 Å². The van der Waals surface area contributed by atoms with Crippen molar-refractivity contribution in [1.29, 1.82) is 5.26 Å². The third kappa shape index (κ3) is 5.56. The first-order valence-corrected chi connectivity index (χ1v) is 7.89. The van der Waals surface area contributed by atoms with Crippen molar-refractivity contribution in [2.75, 3.05) is 20.3 Å². The van der Waals surface area contributed by atoms with Crippen molar-refractivity contribution in [2.45, 2.75) is 32.7 Å². The topological polar surface area (TPSA) is 93.2 Å². The lowest BCUT2D eigenvalue weighted by atomic mass is 10.2. The summed E-state index contributed by atoms with van der Waals surface area (Å²) < 4.78 is 16.1. The molecule has 1 N–H and O–H groups in total. The quantitative estimate of drug-likeness (QED) is 0.669. The predicted octanol–water partition coefficient (Wildman–Crippen LogP) is 2.40. The number of nitrogens with zero attached hydrogens (tertiary/aromatic N) is 3. The smallest absolute Gasteiger partial charge is 0.227 e. The zero-order valence-electron chi connectivity index (χ0n) is 14.0. The molecule has 0 spiro atoms. The van der Waals surface area contributed by atoms with Gasteiger partial charge < -0.3 is 19.3 Å². The summed E-state index contributed by atoms with van der Waals surface area (Å²) in [6.45, 7) is 3.74. The summed E-state index contributed by atoms with van der Waals surface area (Å²) in [6.07, 6.45) is 1.87. The molecule has 0 radical (unpaired) electrons. The molecule has 0 bridgehead atoms. The number of ether oxygens (including phenoxy) is 2. The average molecular weight is 330 g/mol. The largest absolute Gasteiger partial charge is 0.493 e. The molecular weight excluding hydrogens is 308 g/mol. The molecule has 0 aliphatic rings. The highest BCUT2D eigenvalue weighted by Crippen LogP contribution is 2.28. The van der Waals surface area contributed by atoms with E-state index in [-0.39, 0.29) is 0 Å². The summed E-state index contributed by atoms with van der Waals surface area (Å²) in [6, 6.07) is 7.94. The molecule has 7 heteroatoms. The van der Waals surface area contributed by atoms with Crippen molar-refractivity contribution in [3.63, 3.8) is 0 Å². The maximum absolute atomic E-state index is 8.56. The van der Waals surface area contributed by atoms with Crippen molar-refractivity contribution in [2.24, 2.45) is 0 Å². The van der Waals surface area contributed by atoms with E-state index in [1.54, 1.807) is 14.0 Å². The minimum absolute atomic E-state index is 0.485. The predicted molar refractivity (Wildman–Crippen MR) is 87.8 cm³/mol. The van der Waals surface area contributed by atoms with Gasteiger partial charge in [0.2, 0.25) is 5.89 Å². The van der Waals surface area contributed by atoms with Gasteiger partial charge >= 0.3 is 0 Å². The second-order valence-electron chi connectivity index (χ2n) is 5.26. The van der Waals surface area contributed by atoms with Gasteiger partial charge in [-0.05, 0) is 31.0 Å². The van der Waals surface area contributed by atoms with E-state index in [2.05, 4.69) is 21.5 Å². The van der Waals surface area contributed by atoms with Gasteiger partial charge in [0.05, 0.1) is 19.8 Å². The lowest BCUT2D eigenvalue weighted by molar-refractivity contribution is 0.290. The first-order valence-electron chi connectivity index (χ1n) is 7.89. The summed E-state index contributed by atoms with van der Waals surface area (Å²) in [5.74, 6) is 2.67. The third-order valence-corrected chi connectivity index (χ3v) is 3.33. The van der Waals surface area contributed by atoms with E-state index in [4.69, 9.17) is 19.3 Å². The summed E-state index contributed by atoms with van der Waals surface area (Å²) in [7, 11) is 1.61. The zero-order chi connectivity index (χ0) is 17.2. The number of methoxy groups -OCH3 is 1. The summed E-state index contributed by atoms with van der Waals surface area (Å²) in [5.41, 5.74) is 1.09. The second kappa shape index (κ2) is 9.53. The Labute approximate surface area is 141 Å². The van der Waals surface area contributed by atoms with Crippen LogP contribution in [0.5, 0.6) is 11.5 Å². The number of aryl methyl sites for hydroxylation is 1. The number of nitrogens with one attached hydrogen (secondary N) is 1. The fraction of sp³-hybridized carbons (Fsp3) is 0.471. The normalized spacial score (nSPS) is 10.4. The summed E-state index contributed by atoms with van der Waals surface area (Å²) >= 11 is 0. The molecule has 2 rings (SSSR count). The number of benzene rings is 1. The van der Waals surface area contributed by atoms with Gasteiger partial charge in [-0.3, -0.25) is 0 Å². The zero-order valence-corrected chi connectivity index (χ0v) is 14.0. The number of rotatable bonds is 10. The highest BCUT2D eigenvalue weighted by Gasteiger charge is 2.06. The molecular formula is C17H22N4O3. The highest BCUT2D eigenvalue weighted by molar-refractivity contribution is 5.42. The van der Waals surface area contributed by atoms with Crippen LogP contribution in [0.25, 0.3) is 0 Å². The maximum Gasteiger partial charge on any atom is 0.227 e. The summed E-state index contributed by atoms with van der Waals surface area (Å²) in [4.78, 5) is 4.16. The molecule has 0 atom stereocenters. The SMILES string of the molecule is COc1ccc(CNCCc2nc(C)no2)cc1OCCCC#N. The molecule has 2 aromatic rings. The fourth-order valence-corrected chi connectivity index (χ4v) is 2.15. The average Bonchev–Trinajstić information content (AvgIpc) is 3.01. The Hall–Kier alpha value is -2.59. The van der Waals surface area contributed by atoms with Gasteiger partial charge in [-0.25, -0.2) is 0 Å². The molecule has 0 saturated heterocycles. The van der Waals surface area contributed by atoms with Gasteiger partial charge in [0, 0.05) is 25.9 Å². The molecule has 128 valence electrons. The van der Waals surface area contributed by atoms with Crippen molar-refractivity contribution < 1.29 is 14.0 Å². The number of hydrogen-bond donors (Lipinski definition) is 1. The molecule has 1 heterocycles. The van der Waals surface area contributed by atoms with Crippen molar-refractivity contribution in [1.82, 2.24) is 15.5 Å². The van der Waals surface area contributed by atoms with Crippen LogP contribution in [0.1, 0.15) is 30.1 Å². The number of nitriles is 1. The Morgan fingerprint density at radius 3 is 2.92 bits per heavy atom. The monoisotopic (exact) mass is 330 g/mol. The Morgan fingerprint density at radius 1 is 1.33 bits per heavy atom. The van der Waals surface area contributed by atoms with Gasteiger partial charge in [-0.15, -0.1) is 0 Å². The Bertz CT molecular complexity index is 679.